The van der Waals surface area contributed by atoms with Gasteiger partial charge in [-0.2, -0.15) is 0 Å². The molecule has 0 fully saturated rings. The Morgan fingerprint density at radius 3 is 1.83 bits per heavy atom. The van der Waals surface area contributed by atoms with Crippen molar-refractivity contribution >= 4 is 5.69 Å². The van der Waals surface area contributed by atoms with Gasteiger partial charge >= 0.3 is 0 Å². The highest BCUT2D eigenvalue weighted by molar-refractivity contribution is 5.58. The van der Waals surface area contributed by atoms with Crippen LogP contribution in [0.3, 0.4) is 0 Å². The van der Waals surface area contributed by atoms with Crippen LogP contribution in [0.25, 0.3) is 0 Å². The average molecular weight is 167 g/mol. The summed E-state index contributed by atoms with van der Waals surface area (Å²) in [6.45, 7) is 7.31. The van der Waals surface area contributed by atoms with E-state index in [4.69, 9.17) is 5.73 Å². The van der Waals surface area contributed by atoms with Crippen LogP contribution >= 0.6 is 0 Å². The van der Waals surface area contributed by atoms with Crippen LogP contribution in [0.15, 0.2) is 0 Å². The third-order valence-corrected chi connectivity index (χ3v) is 2.59. The molecule has 2 heteroatoms. The lowest BCUT2D eigenvalue weighted by molar-refractivity contribution is 0.608. The molecule has 0 saturated heterocycles. The molecule has 0 bridgehead atoms. The largest absolute Gasteiger partial charge is 0.398 e. The molecule has 1 nitrogen and oxygen atoms in total. The van der Waals surface area contributed by atoms with Crippen molar-refractivity contribution in [2.24, 2.45) is 0 Å². The number of hydrogen-bond acceptors (Lipinski definition) is 1. The predicted molar refractivity (Wildman–Crippen MR) is 49.8 cm³/mol. The topological polar surface area (TPSA) is 26.0 Å². The number of rotatable bonds is 0. The molecule has 1 aromatic carbocycles. The number of nitrogens with two attached hydrogens (primary N) is 1. The first-order chi connectivity index (χ1) is 5.46. The second-order valence-corrected chi connectivity index (χ2v) is 3.23. The van der Waals surface area contributed by atoms with Crippen LogP contribution in [0.4, 0.5) is 10.1 Å². The second kappa shape index (κ2) is 2.77. The van der Waals surface area contributed by atoms with Crippen molar-refractivity contribution in [2.45, 2.75) is 27.7 Å². The molecule has 0 amide bonds. The summed E-state index contributed by atoms with van der Waals surface area (Å²) in [7, 11) is 0. The average Bonchev–Trinajstić information content (AvgIpc) is 2.08. The van der Waals surface area contributed by atoms with Crippen LogP contribution in [0, 0.1) is 33.5 Å². The first kappa shape index (κ1) is 9.04. The summed E-state index contributed by atoms with van der Waals surface area (Å²) in [6, 6.07) is 0. The zero-order valence-electron chi connectivity index (χ0n) is 7.96. The van der Waals surface area contributed by atoms with Crippen LogP contribution in [-0.4, -0.2) is 0 Å². The SMILES string of the molecule is Cc1c(C)c(N)c(C)c(F)c1C. The highest BCUT2D eigenvalue weighted by Gasteiger charge is 2.11. The van der Waals surface area contributed by atoms with Gasteiger partial charge in [0.05, 0.1) is 0 Å². The Morgan fingerprint density at radius 2 is 1.33 bits per heavy atom. The fourth-order valence-electron chi connectivity index (χ4n) is 1.33. The Kier molecular flexibility index (Phi) is 2.09. The Hall–Kier alpha value is -1.05. The molecule has 0 unspecified atom stereocenters. The maximum absolute atomic E-state index is 13.4. The molecule has 1 aromatic rings. The van der Waals surface area contributed by atoms with Gasteiger partial charge in [0.25, 0.3) is 0 Å². The number of nitrogen functional groups attached to an aromatic ring is 1. The Labute approximate surface area is 72.4 Å². The minimum absolute atomic E-state index is 0.171. The second-order valence-electron chi connectivity index (χ2n) is 3.23. The molecule has 0 saturated carbocycles. The minimum atomic E-state index is -0.171. The third-order valence-electron chi connectivity index (χ3n) is 2.59. The zero-order chi connectivity index (χ0) is 9.46. The highest BCUT2D eigenvalue weighted by atomic mass is 19.1. The summed E-state index contributed by atoms with van der Waals surface area (Å²) in [5.74, 6) is -0.171. The van der Waals surface area contributed by atoms with E-state index in [1.54, 1.807) is 13.8 Å². The summed E-state index contributed by atoms with van der Waals surface area (Å²) in [5, 5.41) is 0. The third kappa shape index (κ3) is 1.07. The summed E-state index contributed by atoms with van der Waals surface area (Å²) in [4.78, 5) is 0. The predicted octanol–water partition coefficient (Wildman–Crippen LogP) is 2.64. The van der Waals surface area contributed by atoms with Gasteiger partial charge in [0.15, 0.2) is 0 Å². The van der Waals surface area contributed by atoms with Crippen molar-refractivity contribution in [2.75, 3.05) is 5.73 Å². The Morgan fingerprint density at radius 1 is 0.833 bits per heavy atom. The van der Waals surface area contributed by atoms with Crippen LogP contribution < -0.4 is 5.73 Å². The molecular formula is C10H14FN. The monoisotopic (exact) mass is 167 g/mol. The van der Waals surface area contributed by atoms with Crippen LogP contribution in [0.2, 0.25) is 0 Å². The molecule has 2 N–H and O–H groups in total. The standard InChI is InChI=1S/C10H14FN/c1-5-6(2)9(11)8(4)10(12)7(5)3/h12H2,1-4H3. The number of benzene rings is 1. The molecule has 0 aliphatic rings. The molecule has 0 atom stereocenters. The summed E-state index contributed by atoms with van der Waals surface area (Å²) in [6.07, 6.45) is 0. The lowest BCUT2D eigenvalue weighted by atomic mass is 9.98. The number of halogens is 1. The van der Waals surface area contributed by atoms with E-state index < -0.39 is 0 Å². The van der Waals surface area contributed by atoms with E-state index >= 15 is 0 Å². The van der Waals surface area contributed by atoms with Gasteiger partial charge in [-0.25, -0.2) is 4.39 Å². The quantitative estimate of drug-likeness (QED) is 0.590. The summed E-state index contributed by atoms with van der Waals surface area (Å²) in [5.41, 5.74) is 9.51. The van der Waals surface area contributed by atoms with Crippen molar-refractivity contribution in [3.63, 3.8) is 0 Å². The van der Waals surface area contributed by atoms with E-state index in [0.717, 1.165) is 11.1 Å². The molecule has 0 aliphatic heterocycles. The van der Waals surface area contributed by atoms with Gasteiger partial charge < -0.3 is 5.73 Å². The minimum Gasteiger partial charge on any atom is -0.398 e. The van der Waals surface area contributed by atoms with Gasteiger partial charge in [-0.1, -0.05) is 0 Å². The number of hydrogen-bond donors (Lipinski definition) is 1. The smallest absolute Gasteiger partial charge is 0.131 e. The molecule has 12 heavy (non-hydrogen) atoms. The van der Waals surface area contributed by atoms with Crippen molar-refractivity contribution in [3.8, 4) is 0 Å². The molecule has 0 aromatic heterocycles. The molecule has 0 aliphatic carbocycles. The van der Waals surface area contributed by atoms with Crippen molar-refractivity contribution in [1.82, 2.24) is 0 Å². The van der Waals surface area contributed by atoms with Gasteiger partial charge in [0.1, 0.15) is 5.82 Å². The summed E-state index contributed by atoms with van der Waals surface area (Å²) >= 11 is 0. The molecule has 0 radical (unpaired) electrons. The molecule has 66 valence electrons. The maximum Gasteiger partial charge on any atom is 0.131 e. The van der Waals surface area contributed by atoms with E-state index in [1.165, 1.54) is 0 Å². The van der Waals surface area contributed by atoms with E-state index in [-0.39, 0.29) is 5.82 Å². The fourth-order valence-corrected chi connectivity index (χ4v) is 1.33. The number of anilines is 1. The Balaban J connectivity index is 3.60. The van der Waals surface area contributed by atoms with Gasteiger partial charge in [-0.15, -0.1) is 0 Å². The Bertz CT molecular complexity index is 224. The van der Waals surface area contributed by atoms with Gasteiger partial charge in [-0.05, 0) is 44.4 Å². The normalized spacial score (nSPS) is 10.4. The van der Waals surface area contributed by atoms with Gasteiger partial charge in [-0.3, -0.25) is 0 Å². The van der Waals surface area contributed by atoms with Gasteiger partial charge in [0.2, 0.25) is 0 Å². The fraction of sp³-hybridized carbons (Fsp3) is 0.400. The molecule has 1 rings (SSSR count). The first-order valence-electron chi connectivity index (χ1n) is 3.98. The van der Waals surface area contributed by atoms with E-state index in [2.05, 4.69) is 0 Å². The molecule has 0 heterocycles. The van der Waals surface area contributed by atoms with Crippen molar-refractivity contribution < 1.29 is 4.39 Å². The van der Waals surface area contributed by atoms with Gasteiger partial charge in [0, 0.05) is 11.3 Å². The van der Waals surface area contributed by atoms with Crippen molar-refractivity contribution in [1.29, 1.82) is 0 Å². The lowest BCUT2D eigenvalue weighted by Crippen LogP contribution is -2.02. The van der Waals surface area contributed by atoms with E-state index in [1.807, 2.05) is 13.8 Å². The maximum atomic E-state index is 13.4. The lowest BCUT2D eigenvalue weighted by Gasteiger charge is -2.12. The van der Waals surface area contributed by atoms with Crippen molar-refractivity contribution in [3.05, 3.63) is 28.1 Å². The van der Waals surface area contributed by atoms with Crippen LogP contribution in [-0.2, 0) is 0 Å². The van der Waals surface area contributed by atoms with Crippen LogP contribution in [0.1, 0.15) is 22.3 Å². The molecule has 0 spiro atoms. The summed E-state index contributed by atoms with van der Waals surface area (Å²) < 4.78 is 13.4. The van der Waals surface area contributed by atoms with E-state index in [9.17, 15) is 4.39 Å². The molecular weight excluding hydrogens is 153 g/mol. The highest BCUT2D eigenvalue weighted by Crippen LogP contribution is 2.26. The van der Waals surface area contributed by atoms with Crippen LogP contribution in [0.5, 0.6) is 0 Å². The van der Waals surface area contributed by atoms with E-state index in [0.29, 0.717) is 16.8 Å². The first-order valence-corrected chi connectivity index (χ1v) is 3.98. The zero-order valence-corrected chi connectivity index (χ0v) is 7.96.